The Morgan fingerprint density at radius 2 is 2.19 bits per heavy atom. The van der Waals surface area contributed by atoms with Gasteiger partial charge in [-0.05, 0) is 29.7 Å². The number of para-hydroxylation sites is 1. The van der Waals surface area contributed by atoms with Gasteiger partial charge in [-0.1, -0.05) is 24.3 Å². The number of methoxy groups -OCH3 is 1. The number of benzene rings is 1. The summed E-state index contributed by atoms with van der Waals surface area (Å²) in [7, 11) is 1.63. The number of carbonyl (C=O) groups excluding carboxylic acids is 1. The standard InChI is InChI=1S/C16H16N2O2S/c1-20-15-9-3-2-6-13(15)7-4-10-17-18-16(19)12-14-8-5-11-21-14/h2-11H,12H2,1H3,(H,18,19)/b7-4+,17-10?. The fourth-order valence-corrected chi connectivity index (χ4v) is 2.42. The van der Waals surface area contributed by atoms with Gasteiger partial charge in [-0.15, -0.1) is 11.3 Å². The molecule has 0 aliphatic carbocycles. The van der Waals surface area contributed by atoms with Crippen LogP contribution in [-0.4, -0.2) is 19.2 Å². The van der Waals surface area contributed by atoms with Crippen molar-refractivity contribution in [1.82, 2.24) is 5.43 Å². The lowest BCUT2D eigenvalue weighted by Gasteiger charge is -2.02. The molecule has 1 amide bonds. The number of rotatable bonds is 6. The first-order valence-electron chi connectivity index (χ1n) is 6.43. The van der Waals surface area contributed by atoms with Crippen LogP contribution in [-0.2, 0) is 11.2 Å². The molecule has 0 aliphatic rings. The fraction of sp³-hybridized carbons (Fsp3) is 0.125. The highest BCUT2D eigenvalue weighted by atomic mass is 32.1. The van der Waals surface area contributed by atoms with Crippen molar-refractivity contribution in [3.8, 4) is 5.75 Å². The molecule has 0 atom stereocenters. The Morgan fingerprint density at radius 1 is 1.33 bits per heavy atom. The lowest BCUT2D eigenvalue weighted by Crippen LogP contribution is -2.18. The van der Waals surface area contributed by atoms with Gasteiger partial charge in [0.25, 0.3) is 0 Å². The van der Waals surface area contributed by atoms with Crippen LogP contribution in [0.15, 0.2) is 53.0 Å². The number of amides is 1. The molecule has 1 N–H and O–H groups in total. The van der Waals surface area contributed by atoms with Gasteiger partial charge < -0.3 is 4.74 Å². The zero-order chi connectivity index (χ0) is 14.9. The summed E-state index contributed by atoms with van der Waals surface area (Å²) in [5, 5.41) is 5.82. The van der Waals surface area contributed by atoms with E-state index >= 15 is 0 Å². The van der Waals surface area contributed by atoms with Gasteiger partial charge in [0.15, 0.2) is 0 Å². The van der Waals surface area contributed by atoms with Gasteiger partial charge in [0.2, 0.25) is 5.91 Å². The summed E-state index contributed by atoms with van der Waals surface area (Å²) in [6.07, 6.45) is 5.51. The molecule has 0 spiro atoms. The summed E-state index contributed by atoms with van der Waals surface area (Å²) in [5.41, 5.74) is 3.45. The molecule has 1 aromatic heterocycles. The van der Waals surface area contributed by atoms with Gasteiger partial charge in [0.1, 0.15) is 5.75 Å². The van der Waals surface area contributed by atoms with E-state index in [1.54, 1.807) is 30.7 Å². The third-order valence-corrected chi connectivity index (χ3v) is 3.56. The van der Waals surface area contributed by atoms with Gasteiger partial charge in [-0.2, -0.15) is 5.10 Å². The molecule has 0 bridgehead atoms. The van der Waals surface area contributed by atoms with E-state index in [1.165, 1.54) is 0 Å². The molecule has 1 aromatic carbocycles. The Morgan fingerprint density at radius 3 is 2.95 bits per heavy atom. The number of nitrogens with one attached hydrogen (secondary N) is 1. The van der Waals surface area contributed by atoms with E-state index in [0.717, 1.165) is 16.2 Å². The minimum atomic E-state index is -0.126. The first kappa shape index (κ1) is 15.0. The van der Waals surface area contributed by atoms with E-state index in [9.17, 15) is 4.79 Å². The lowest BCUT2D eigenvalue weighted by molar-refractivity contribution is -0.120. The van der Waals surface area contributed by atoms with E-state index in [1.807, 2.05) is 47.9 Å². The molecular formula is C16H16N2O2S. The Hall–Kier alpha value is -2.40. The summed E-state index contributed by atoms with van der Waals surface area (Å²) < 4.78 is 5.23. The molecule has 2 rings (SSSR count). The molecule has 0 saturated carbocycles. The number of allylic oxidation sites excluding steroid dienone is 1. The third kappa shape index (κ3) is 4.89. The number of hydrogen-bond donors (Lipinski definition) is 1. The normalized spacial score (nSPS) is 11.1. The molecule has 4 nitrogen and oxygen atoms in total. The van der Waals surface area contributed by atoms with Crippen LogP contribution < -0.4 is 10.2 Å². The maximum absolute atomic E-state index is 11.6. The molecule has 108 valence electrons. The van der Waals surface area contributed by atoms with Crippen LogP contribution in [0.25, 0.3) is 6.08 Å². The lowest BCUT2D eigenvalue weighted by atomic mass is 10.2. The van der Waals surface area contributed by atoms with Crippen LogP contribution in [0.4, 0.5) is 0 Å². The molecule has 1 heterocycles. The van der Waals surface area contributed by atoms with Crippen molar-refractivity contribution in [3.05, 3.63) is 58.3 Å². The van der Waals surface area contributed by atoms with E-state index in [2.05, 4.69) is 10.5 Å². The van der Waals surface area contributed by atoms with Gasteiger partial charge in [-0.25, -0.2) is 5.43 Å². The third-order valence-electron chi connectivity index (χ3n) is 2.68. The molecule has 0 saturated heterocycles. The van der Waals surface area contributed by atoms with Crippen molar-refractivity contribution in [2.75, 3.05) is 7.11 Å². The minimum absolute atomic E-state index is 0.126. The summed E-state index contributed by atoms with van der Waals surface area (Å²) in [6, 6.07) is 11.5. The van der Waals surface area contributed by atoms with E-state index in [4.69, 9.17) is 4.74 Å². The predicted octanol–water partition coefficient (Wildman–Crippen LogP) is 3.11. The molecule has 2 aromatic rings. The van der Waals surface area contributed by atoms with Crippen LogP contribution in [0.5, 0.6) is 5.75 Å². The smallest absolute Gasteiger partial charge is 0.245 e. The van der Waals surface area contributed by atoms with Crippen molar-refractivity contribution in [2.24, 2.45) is 5.10 Å². The fourth-order valence-electron chi connectivity index (χ4n) is 1.71. The average Bonchev–Trinajstić information content (AvgIpc) is 3.00. The topological polar surface area (TPSA) is 50.7 Å². The van der Waals surface area contributed by atoms with Crippen LogP contribution in [0.1, 0.15) is 10.4 Å². The van der Waals surface area contributed by atoms with E-state index in [0.29, 0.717) is 6.42 Å². The summed E-state index contributed by atoms with van der Waals surface area (Å²) in [6.45, 7) is 0. The highest BCUT2D eigenvalue weighted by Crippen LogP contribution is 2.18. The second kappa shape index (κ2) is 8.01. The number of nitrogens with zero attached hydrogens (tertiary/aromatic N) is 1. The number of thiophene rings is 1. The summed E-state index contributed by atoms with van der Waals surface area (Å²) in [4.78, 5) is 12.6. The quantitative estimate of drug-likeness (QED) is 0.658. The SMILES string of the molecule is COc1ccccc1/C=C/C=NNC(=O)Cc1cccs1. The zero-order valence-electron chi connectivity index (χ0n) is 11.7. The number of hydrazone groups is 1. The van der Waals surface area contributed by atoms with Crippen LogP contribution in [0.3, 0.4) is 0 Å². The maximum atomic E-state index is 11.6. The number of carbonyl (C=O) groups is 1. The summed E-state index contributed by atoms with van der Waals surface area (Å²) >= 11 is 1.56. The molecule has 0 radical (unpaired) electrons. The molecule has 21 heavy (non-hydrogen) atoms. The van der Waals surface area contributed by atoms with Crippen molar-refractivity contribution in [3.63, 3.8) is 0 Å². The summed E-state index contributed by atoms with van der Waals surface area (Å²) in [5.74, 6) is 0.670. The molecule has 0 unspecified atom stereocenters. The van der Waals surface area contributed by atoms with Crippen molar-refractivity contribution in [1.29, 1.82) is 0 Å². The van der Waals surface area contributed by atoms with Crippen molar-refractivity contribution < 1.29 is 9.53 Å². The van der Waals surface area contributed by atoms with Crippen LogP contribution in [0, 0.1) is 0 Å². The number of ether oxygens (including phenoxy) is 1. The monoisotopic (exact) mass is 300 g/mol. The maximum Gasteiger partial charge on any atom is 0.245 e. The van der Waals surface area contributed by atoms with E-state index in [-0.39, 0.29) is 5.91 Å². The largest absolute Gasteiger partial charge is 0.496 e. The van der Waals surface area contributed by atoms with Crippen molar-refractivity contribution in [2.45, 2.75) is 6.42 Å². The Bertz CT molecular complexity index is 633. The van der Waals surface area contributed by atoms with Gasteiger partial charge >= 0.3 is 0 Å². The highest BCUT2D eigenvalue weighted by Gasteiger charge is 2.01. The molecular weight excluding hydrogens is 284 g/mol. The predicted molar refractivity (Wildman–Crippen MR) is 86.7 cm³/mol. The van der Waals surface area contributed by atoms with Gasteiger partial charge in [0, 0.05) is 16.7 Å². The minimum Gasteiger partial charge on any atom is -0.496 e. The first-order chi connectivity index (χ1) is 10.3. The van der Waals surface area contributed by atoms with Gasteiger partial charge in [-0.3, -0.25) is 4.79 Å². The first-order valence-corrected chi connectivity index (χ1v) is 7.31. The Labute approximate surface area is 127 Å². The number of hydrogen-bond acceptors (Lipinski definition) is 4. The van der Waals surface area contributed by atoms with Gasteiger partial charge in [0.05, 0.1) is 13.5 Å². The zero-order valence-corrected chi connectivity index (χ0v) is 12.5. The Balaban J connectivity index is 1.82. The Kier molecular flexibility index (Phi) is 5.72. The highest BCUT2D eigenvalue weighted by molar-refractivity contribution is 7.10. The molecule has 0 fully saturated rings. The van der Waals surface area contributed by atoms with Crippen LogP contribution in [0.2, 0.25) is 0 Å². The van der Waals surface area contributed by atoms with Crippen LogP contribution >= 0.6 is 11.3 Å². The second-order valence-corrected chi connectivity index (χ2v) is 5.20. The van der Waals surface area contributed by atoms with E-state index < -0.39 is 0 Å². The molecule has 5 heteroatoms. The van der Waals surface area contributed by atoms with Crippen molar-refractivity contribution >= 4 is 29.5 Å². The average molecular weight is 300 g/mol. The molecule has 0 aliphatic heterocycles. The second-order valence-electron chi connectivity index (χ2n) is 4.17.